The molecule has 0 radical (unpaired) electrons. The highest BCUT2D eigenvalue weighted by Gasteiger charge is 2.27. The second-order valence-electron chi connectivity index (χ2n) is 12.4. The van der Waals surface area contributed by atoms with Crippen molar-refractivity contribution in [2.24, 2.45) is 0 Å². The van der Waals surface area contributed by atoms with E-state index in [1.165, 1.54) is 16.9 Å². The molecule has 1 atom stereocenters. The Morgan fingerprint density at radius 3 is 2.48 bits per heavy atom. The van der Waals surface area contributed by atoms with Gasteiger partial charge in [-0.2, -0.15) is 0 Å². The molecule has 2 amide bonds. The lowest BCUT2D eigenvalue weighted by Gasteiger charge is -2.34. The SMILES string of the molecule is CC(=O)N1c2ccc(-c3ccc(CCNC(=O)c4sc5c(N6CCOCC6)nc(-c6cnc(N)nc6)nc5c4C)cc3)cc2CC[C@@H]1C. The maximum absolute atomic E-state index is 13.5. The number of nitrogens with zero attached hydrogens (tertiary/aromatic N) is 6. The van der Waals surface area contributed by atoms with Gasteiger partial charge in [0.25, 0.3) is 5.91 Å². The van der Waals surface area contributed by atoms with Gasteiger partial charge in [0.05, 0.1) is 33.9 Å². The summed E-state index contributed by atoms with van der Waals surface area (Å²) < 4.78 is 6.46. The lowest BCUT2D eigenvalue weighted by Crippen LogP contribution is -2.40. The number of hydrogen-bond donors (Lipinski definition) is 2. The van der Waals surface area contributed by atoms with Crippen LogP contribution in [-0.2, 0) is 22.4 Å². The molecule has 11 nitrogen and oxygen atoms in total. The van der Waals surface area contributed by atoms with Crippen LogP contribution in [0.2, 0.25) is 0 Å². The predicted octanol–water partition coefficient (Wildman–Crippen LogP) is 5.20. The number of rotatable bonds is 7. The molecule has 2 aromatic carbocycles. The van der Waals surface area contributed by atoms with Gasteiger partial charge < -0.3 is 25.6 Å². The fourth-order valence-corrected chi connectivity index (χ4v) is 7.72. The molecule has 2 aliphatic heterocycles. The summed E-state index contributed by atoms with van der Waals surface area (Å²) in [6.07, 6.45) is 5.86. The number of amides is 2. The van der Waals surface area contributed by atoms with Crippen molar-refractivity contribution in [1.29, 1.82) is 0 Å². The van der Waals surface area contributed by atoms with Crippen molar-refractivity contribution in [1.82, 2.24) is 25.3 Å². The average Bonchev–Trinajstić information content (AvgIpc) is 3.44. The summed E-state index contributed by atoms with van der Waals surface area (Å²) in [5, 5.41) is 3.12. The Balaban J connectivity index is 1.06. The maximum Gasteiger partial charge on any atom is 0.261 e. The molecule has 7 rings (SSSR count). The standard InChI is InChI=1S/C36H38N8O3S/c1-21-4-7-27-18-26(10-11-29(27)44(21)23(3)45)25-8-5-24(6-9-25)12-13-38-35(46)31-22(2)30-32(48-31)34(43-14-16-47-17-15-43)42-33(41-30)28-19-39-36(37)40-20-28/h5-6,8-11,18-21H,4,7,12-17H2,1-3H3,(H,38,46)(H2,37,39,40)/t21-/m0/s1. The van der Waals surface area contributed by atoms with Gasteiger partial charge in [0, 0.05) is 50.7 Å². The van der Waals surface area contributed by atoms with Crippen LogP contribution in [0.1, 0.15) is 46.6 Å². The fraction of sp³-hybridized carbons (Fsp3) is 0.333. The molecule has 48 heavy (non-hydrogen) atoms. The van der Waals surface area contributed by atoms with Gasteiger partial charge in [0.2, 0.25) is 11.9 Å². The summed E-state index contributed by atoms with van der Waals surface area (Å²) in [6, 6.07) is 15.1. The van der Waals surface area contributed by atoms with Crippen LogP contribution in [0.4, 0.5) is 17.5 Å². The second-order valence-corrected chi connectivity index (χ2v) is 13.4. The van der Waals surface area contributed by atoms with Crippen molar-refractivity contribution in [2.75, 3.05) is 48.4 Å². The monoisotopic (exact) mass is 662 g/mol. The van der Waals surface area contributed by atoms with Crippen molar-refractivity contribution in [3.8, 4) is 22.5 Å². The molecule has 5 aromatic rings. The van der Waals surface area contributed by atoms with Gasteiger partial charge in [0.1, 0.15) is 0 Å². The number of carbonyl (C=O) groups is 2. The number of thiophene rings is 1. The van der Waals surface area contributed by atoms with Gasteiger partial charge in [-0.15, -0.1) is 11.3 Å². The Hall–Kier alpha value is -4.94. The highest BCUT2D eigenvalue weighted by molar-refractivity contribution is 7.21. The van der Waals surface area contributed by atoms with E-state index in [1.54, 1.807) is 19.3 Å². The topological polar surface area (TPSA) is 139 Å². The molecular formula is C36H38N8O3S. The molecule has 246 valence electrons. The lowest BCUT2D eigenvalue weighted by molar-refractivity contribution is -0.117. The van der Waals surface area contributed by atoms with Gasteiger partial charge >= 0.3 is 0 Å². The number of aromatic nitrogens is 4. The van der Waals surface area contributed by atoms with E-state index >= 15 is 0 Å². The first-order chi connectivity index (χ1) is 23.3. The molecule has 3 aromatic heterocycles. The number of nitrogens with two attached hydrogens (primary N) is 1. The second kappa shape index (κ2) is 13.3. The maximum atomic E-state index is 13.5. The minimum Gasteiger partial charge on any atom is -0.378 e. The van der Waals surface area contributed by atoms with Crippen molar-refractivity contribution >= 4 is 50.8 Å². The number of hydrogen-bond acceptors (Lipinski definition) is 10. The molecule has 0 bridgehead atoms. The first-order valence-corrected chi connectivity index (χ1v) is 17.1. The summed E-state index contributed by atoms with van der Waals surface area (Å²) in [7, 11) is 0. The number of fused-ring (bicyclic) bond motifs is 2. The van der Waals surface area contributed by atoms with Crippen LogP contribution in [-0.4, -0.2) is 70.6 Å². The van der Waals surface area contributed by atoms with Crippen LogP contribution in [0, 0.1) is 6.92 Å². The smallest absolute Gasteiger partial charge is 0.261 e. The third-order valence-electron chi connectivity index (χ3n) is 9.13. The van der Waals surface area contributed by atoms with Crippen molar-refractivity contribution in [3.05, 3.63) is 76.4 Å². The largest absolute Gasteiger partial charge is 0.378 e. The normalized spacial score (nSPS) is 16.2. The summed E-state index contributed by atoms with van der Waals surface area (Å²) in [4.78, 5) is 48.5. The van der Waals surface area contributed by atoms with Gasteiger partial charge in [0.15, 0.2) is 11.6 Å². The molecule has 3 N–H and O–H groups in total. The molecular weight excluding hydrogens is 625 g/mol. The first kappa shape index (κ1) is 31.6. The zero-order valence-electron chi connectivity index (χ0n) is 27.3. The minimum absolute atomic E-state index is 0.0839. The van der Waals surface area contributed by atoms with E-state index in [0.717, 1.165) is 56.8 Å². The van der Waals surface area contributed by atoms with Crippen LogP contribution in [0.25, 0.3) is 32.7 Å². The Kier molecular flexibility index (Phi) is 8.76. The van der Waals surface area contributed by atoms with Crippen LogP contribution in [0.5, 0.6) is 0 Å². The zero-order chi connectivity index (χ0) is 33.4. The van der Waals surface area contributed by atoms with Crippen molar-refractivity contribution in [2.45, 2.75) is 46.1 Å². The molecule has 5 heterocycles. The van der Waals surface area contributed by atoms with Gasteiger partial charge in [-0.25, -0.2) is 19.9 Å². The molecule has 1 fully saturated rings. The number of morpholine rings is 1. The van der Waals surface area contributed by atoms with Crippen LogP contribution in [0.15, 0.2) is 54.9 Å². The summed E-state index contributed by atoms with van der Waals surface area (Å²) in [6.45, 7) is 8.79. The summed E-state index contributed by atoms with van der Waals surface area (Å²) in [5.41, 5.74) is 13.6. The number of benzene rings is 2. The van der Waals surface area contributed by atoms with E-state index in [2.05, 4.69) is 69.6 Å². The minimum atomic E-state index is -0.125. The molecule has 0 unspecified atom stereocenters. The number of nitrogen functional groups attached to an aromatic ring is 1. The molecule has 1 saturated heterocycles. The van der Waals surface area contributed by atoms with E-state index < -0.39 is 0 Å². The fourth-order valence-electron chi connectivity index (χ4n) is 6.54. The van der Waals surface area contributed by atoms with Crippen LogP contribution in [0.3, 0.4) is 0 Å². The van der Waals surface area contributed by atoms with Crippen molar-refractivity contribution < 1.29 is 14.3 Å². The quantitative estimate of drug-likeness (QED) is 0.241. The Morgan fingerprint density at radius 2 is 1.75 bits per heavy atom. The lowest BCUT2D eigenvalue weighted by atomic mass is 9.93. The number of anilines is 3. The number of ether oxygens (including phenoxy) is 1. The Labute approximate surface area is 283 Å². The number of aryl methyl sites for hydroxylation is 2. The molecule has 0 spiro atoms. The Bertz CT molecular complexity index is 1990. The third kappa shape index (κ3) is 6.20. The number of carbonyl (C=O) groups excluding carboxylic acids is 2. The molecule has 0 saturated carbocycles. The third-order valence-corrected chi connectivity index (χ3v) is 10.4. The van der Waals surface area contributed by atoms with Gasteiger partial charge in [-0.05, 0) is 73.1 Å². The molecule has 2 aliphatic rings. The van der Waals surface area contributed by atoms with E-state index in [0.29, 0.717) is 55.5 Å². The van der Waals surface area contributed by atoms with Crippen LogP contribution < -0.4 is 20.9 Å². The molecule has 0 aliphatic carbocycles. The highest BCUT2D eigenvalue weighted by atomic mass is 32.1. The van der Waals surface area contributed by atoms with E-state index in [9.17, 15) is 9.59 Å². The van der Waals surface area contributed by atoms with Gasteiger partial charge in [-0.3, -0.25) is 9.59 Å². The Morgan fingerprint density at radius 1 is 1.02 bits per heavy atom. The van der Waals surface area contributed by atoms with E-state index in [1.807, 2.05) is 11.8 Å². The molecule has 12 heteroatoms. The average molecular weight is 663 g/mol. The van der Waals surface area contributed by atoms with Gasteiger partial charge in [-0.1, -0.05) is 30.3 Å². The highest BCUT2D eigenvalue weighted by Crippen LogP contribution is 2.38. The number of nitrogens with one attached hydrogen (secondary N) is 1. The van der Waals surface area contributed by atoms with E-state index in [-0.39, 0.29) is 23.8 Å². The van der Waals surface area contributed by atoms with Crippen LogP contribution >= 0.6 is 11.3 Å². The summed E-state index contributed by atoms with van der Waals surface area (Å²) in [5.74, 6) is 1.42. The first-order valence-electron chi connectivity index (χ1n) is 16.3. The zero-order valence-corrected chi connectivity index (χ0v) is 28.1. The van der Waals surface area contributed by atoms with Crippen molar-refractivity contribution in [3.63, 3.8) is 0 Å². The predicted molar refractivity (Wildman–Crippen MR) is 189 cm³/mol. The summed E-state index contributed by atoms with van der Waals surface area (Å²) >= 11 is 1.42. The van der Waals surface area contributed by atoms with E-state index in [4.69, 9.17) is 20.4 Å².